The summed E-state index contributed by atoms with van der Waals surface area (Å²) in [5, 5.41) is 5.26. The van der Waals surface area contributed by atoms with Gasteiger partial charge in [-0.1, -0.05) is 6.92 Å². The summed E-state index contributed by atoms with van der Waals surface area (Å²) in [6.45, 7) is 3.35. The molecular formula is C11H18N2OS. The molecule has 1 N–H and O–H groups in total. The minimum atomic E-state index is 0.115. The molecule has 0 atom stereocenters. The largest absolute Gasteiger partial charge is 0.348 e. The van der Waals surface area contributed by atoms with Crippen molar-refractivity contribution in [2.24, 2.45) is 0 Å². The second-order valence-electron chi connectivity index (χ2n) is 3.61. The predicted molar refractivity (Wildman–Crippen MR) is 64.1 cm³/mol. The maximum Gasteiger partial charge on any atom is 0.236 e. The number of amides is 1. The average Bonchev–Trinajstić information content (AvgIpc) is 2.65. The maximum absolute atomic E-state index is 11.3. The van der Waals surface area contributed by atoms with Crippen LogP contribution in [0.15, 0.2) is 11.4 Å². The molecule has 0 spiro atoms. The number of rotatable bonds is 5. The number of carbonyl (C=O) groups excluding carboxylic acids is 1. The van der Waals surface area contributed by atoms with E-state index in [0.29, 0.717) is 6.54 Å². The highest BCUT2D eigenvalue weighted by molar-refractivity contribution is 7.10. The molecule has 0 unspecified atom stereocenters. The van der Waals surface area contributed by atoms with Crippen molar-refractivity contribution in [1.82, 2.24) is 10.2 Å². The number of hydrogen-bond donors (Lipinski definition) is 1. The van der Waals surface area contributed by atoms with Crippen molar-refractivity contribution >= 4 is 17.2 Å². The third-order valence-corrected chi connectivity index (χ3v) is 3.24. The number of nitrogens with zero attached hydrogens (tertiary/aromatic N) is 1. The van der Waals surface area contributed by atoms with Crippen LogP contribution in [0.4, 0.5) is 0 Å². The molecule has 1 aromatic rings. The Balaban J connectivity index is 2.35. The van der Waals surface area contributed by atoms with Crippen LogP contribution in [0.25, 0.3) is 0 Å². The first-order chi connectivity index (χ1) is 7.15. The maximum atomic E-state index is 11.3. The fraction of sp³-hybridized carbons (Fsp3) is 0.545. The van der Waals surface area contributed by atoms with Gasteiger partial charge in [0.05, 0.1) is 6.54 Å². The molecule has 84 valence electrons. The third kappa shape index (κ3) is 3.64. The summed E-state index contributed by atoms with van der Waals surface area (Å²) in [4.78, 5) is 14.2. The molecular weight excluding hydrogens is 208 g/mol. The highest BCUT2D eigenvalue weighted by Crippen LogP contribution is 2.16. The van der Waals surface area contributed by atoms with Gasteiger partial charge in [0.15, 0.2) is 0 Å². The van der Waals surface area contributed by atoms with Crippen molar-refractivity contribution in [1.29, 1.82) is 0 Å². The second kappa shape index (κ2) is 5.88. The Morgan fingerprint density at radius 2 is 2.27 bits per heavy atom. The molecule has 0 radical (unpaired) electrons. The lowest BCUT2D eigenvalue weighted by Crippen LogP contribution is -2.32. The fourth-order valence-electron chi connectivity index (χ4n) is 1.28. The monoisotopic (exact) mass is 226 g/mol. The van der Waals surface area contributed by atoms with Gasteiger partial charge in [0.2, 0.25) is 5.91 Å². The van der Waals surface area contributed by atoms with Gasteiger partial charge in [-0.25, -0.2) is 0 Å². The summed E-state index contributed by atoms with van der Waals surface area (Å²) >= 11 is 1.75. The van der Waals surface area contributed by atoms with E-state index in [2.05, 4.69) is 23.7 Å². The topological polar surface area (TPSA) is 32.3 Å². The zero-order chi connectivity index (χ0) is 11.3. The quantitative estimate of drug-likeness (QED) is 0.825. The van der Waals surface area contributed by atoms with Crippen molar-refractivity contribution in [3.63, 3.8) is 0 Å². The Bertz CT molecular complexity index is 320. The van der Waals surface area contributed by atoms with Gasteiger partial charge in [0.25, 0.3) is 0 Å². The molecule has 1 aromatic heterocycles. The molecule has 15 heavy (non-hydrogen) atoms. The first kappa shape index (κ1) is 12.2. The zero-order valence-electron chi connectivity index (χ0n) is 9.54. The molecule has 0 aromatic carbocycles. The Kier molecular flexibility index (Phi) is 4.78. The molecule has 0 saturated carbocycles. The summed E-state index contributed by atoms with van der Waals surface area (Å²) < 4.78 is 0. The lowest BCUT2D eigenvalue weighted by atomic mass is 10.2. The van der Waals surface area contributed by atoms with Crippen LogP contribution >= 0.6 is 11.3 Å². The summed E-state index contributed by atoms with van der Waals surface area (Å²) in [6, 6.07) is 2.15. The van der Waals surface area contributed by atoms with Gasteiger partial charge in [-0.15, -0.1) is 11.3 Å². The van der Waals surface area contributed by atoms with Gasteiger partial charge in [0, 0.05) is 25.5 Å². The summed E-state index contributed by atoms with van der Waals surface area (Å²) in [6.07, 6.45) is 1.06. The van der Waals surface area contributed by atoms with Crippen molar-refractivity contribution in [3.8, 4) is 0 Å². The van der Waals surface area contributed by atoms with Gasteiger partial charge in [0.1, 0.15) is 0 Å². The highest BCUT2D eigenvalue weighted by atomic mass is 32.1. The minimum Gasteiger partial charge on any atom is -0.348 e. The van der Waals surface area contributed by atoms with Gasteiger partial charge in [-0.05, 0) is 23.4 Å². The van der Waals surface area contributed by atoms with Crippen LogP contribution in [0.3, 0.4) is 0 Å². The molecule has 0 bridgehead atoms. The van der Waals surface area contributed by atoms with Crippen LogP contribution in [-0.2, 0) is 17.8 Å². The summed E-state index contributed by atoms with van der Waals surface area (Å²) in [5.41, 5.74) is 1.38. The molecule has 0 aliphatic rings. The third-order valence-electron chi connectivity index (χ3n) is 2.28. The predicted octanol–water partition coefficient (Wildman–Crippen LogP) is 1.49. The van der Waals surface area contributed by atoms with Gasteiger partial charge in [-0.3, -0.25) is 4.79 Å². The van der Waals surface area contributed by atoms with E-state index in [9.17, 15) is 4.79 Å². The number of thiophene rings is 1. The fourth-order valence-corrected chi connectivity index (χ4v) is 2.22. The van der Waals surface area contributed by atoms with Gasteiger partial charge < -0.3 is 10.2 Å². The van der Waals surface area contributed by atoms with E-state index >= 15 is 0 Å². The van der Waals surface area contributed by atoms with Gasteiger partial charge in [-0.2, -0.15) is 0 Å². The van der Waals surface area contributed by atoms with Crippen LogP contribution in [0.5, 0.6) is 0 Å². The number of likely N-dealkylation sites (N-methyl/N-ethyl adjacent to an activating group) is 1. The molecule has 4 heteroatoms. The smallest absolute Gasteiger partial charge is 0.236 e. The first-order valence-electron chi connectivity index (χ1n) is 5.11. The van der Waals surface area contributed by atoms with E-state index < -0.39 is 0 Å². The van der Waals surface area contributed by atoms with Crippen molar-refractivity contribution < 1.29 is 4.79 Å². The van der Waals surface area contributed by atoms with E-state index in [4.69, 9.17) is 0 Å². The number of carbonyl (C=O) groups is 1. The molecule has 0 saturated heterocycles. The second-order valence-corrected chi connectivity index (χ2v) is 4.61. The molecule has 0 fully saturated rings. The first-order valence-corrected chi connectivity index (χ1v) is 5.99. The van der Waals surface area contributed by atoms with E-state index in [1.807, 2.05) is 0 Å². The van der Waals surface area contributed by atoms with Crippen LogP contribution in [-0.4, -0.2) is 31.4 Å². The Labute approximate surface area is 95.1 Å². The Morgan fingerprint density at radius 1 is 1.53 bits per heavy atom. The van der Waals surface area contributed by atoms with Crippen LogP contribution < -0.4 is 5.32 Å². The molecule has 1 heterocycles. The van der Waals surface area contributed by atoms with E-state index in [1.165, 1.54) is 10.4 Å². The Hall–Kier alpha value is -0.870. The zero-order valence-corrected chi connectivity index (χ0v) is 10.4. The van der Waals surface area contributed by atoms with Crippen molar-refractivity contribution in [2.45, 2.75) is 19.9 Å². The lowest BCUT2D eigenvalue weighted by molar-refractivity contribution is -0.127. The SMILES string of the molecule is CCc1ccsc1CNCC(=O)N(C)C. The average molecular weight is 226 g/mol. The van der Waals surface area contributed by atoms with E-state index in [0.717, 1.165) is 13.0 Å². The van der Waals surface area contributed by atoms with Gasteiger partial charge >= 0.3 is 0 Å². The standard InChI is InChI=1S/C11H18N2OS/c1-4-9-5-6-15-10(9)7-12-8-11(14)13(2)3/h5-6,12H,4,7-8H2,1-3H3. The molecule has 1 amide bonds. The van der Waals surface area contributed by atoms with E-state index in [-0.39, 0.29) is 5.91 Å². The molecule has 1 rings (SSSR count). The number of aryl methyl sites for hydroxylation is 1. The van der Waals surface area contributed by atoms with Crippen LogP contribution in [0.2, 0.25) is 0 Å². The summed E-state index contributed by atoms with van der Waals surface area (Å²) in [5.74, 6) is 0.115. The lowest BCUT2D eigenvalue weighted by Gasteiger charge is -2.10. The molecule has 0 aliphatic carbocycles. The van der Waals surface area contributed by atoms with E-state index in [1.54, 1.807) is 30.3 Å². The Morgan fingerprint density at radius 3 is 2.87 bits per heavy atom. The summed E-state index contributed by atoms with van der Waals surface area (Å²) in [7, 11) is 3.54. The number of nitrogens with one attached hydrogen (secondary N) is 1. The van der Waals surface area contributed by atoms with Crippen molar-refractivity contribution in [3.05, 3.63) is 21.9 Å². The highest BCUT2D eigenvalue weighted by Gasteiger charge is 2.05. The number of hydrogen-bond acceptors (Lipinski definition) is 3. The molecule has 0 aliphatic heterocycles. The molecule has 3 nitrogen and oxygen atoms in total. The van der Waals surface area contributed by atoms with Crippen LogP contribution in [0, 0.1) is 0 Å². The van der Waals surface area contributed by atoms with Crippen molar-refractivity contribution in [2.75, 3.05) is 20.6 Å². The minimum absolute atomic E-state index is 0.115. The normalized spacial score (nSPS) is 10.3. The van der Waals surface area contributed by atoms with Crippen LogP contribution in [0.1, 0.15) is 17.4 Å².